The zero-order valence-corrected chi connectivity index (χ0v) is 19.3. The Bertz CT molecular complexity index is 820. The number of aromatic nitrogens is 3. The van der Waals surface area contributed by atoms with E-state index >= 15 is 0 Å². The Labute approximate surface area is 185 Å². The smallest absolute Gasteiger partial charge is 0.224 e. The second kappa shape index (κ2) is 11.2. The lowest BCUT2D eigenvalue weighted by atomic mass is 9.89. The predicted octanol–water partition coefficient (Wildman–Crippen LogP) is 1.71. The highest BCUT2D eigenvalue weighted by Gasteiger charge is 2.32. The van der Waals surface area contributed by atoms with Gasteiger partial charge in [0.2, 0.25) is 5.91 Å². The van der Waals surface area contributed by atoms with Gasteiger partial charge in [0.25, 0.3) is 0 Å². The third-order valence-corrected chi connectivity index (χ3v) is 5.72. The van der Waals surface area contributed by atoms with Gasteiger partial charge in [-0.15, -0.1) is 0 Å². The van der Waals surface area contributed by atoms with Gasteiger partial charge >= 0.3 is 0 Å². The second-order valence-corrected chi connectivity index (χ2v) is 8.84. The molecule has 0 aliphatic carbocycles. The molecule has 2 aromatic rings. The van der Waals surface area contributed by atoms with Crippen molar-refractivity contribution in [2.75, 3.05) is 46.9 Å². The zero-order valence-electron chi connectivity index (χ0n) is 19.3. The van der Waals surface area contributed by atoms with Crippen LogP contribution in [0.1, 0.15) is 24.4 Å². The molecule has 0 aromatic carbocycles. The summed E-state index contributed by atoms with van der Waals surface area (Å²) in [5.74, 6) is 2.15. The molecule has 8 nitrogen and oxygen atoms in total. The Balaban J connectivity index is 1.59. The zero-order chi connectivity index (χ0) is 22.2. The van der Waals surface area contributed by atoms with E-state index in [4.69, 9.17) is 4.74 Å². The fourth-order valence-electron chi connectivity index (χ4n) is 4.00. The first-order valence-electron chi connectivity index (χ1n) is 11.1. The van der Waals surface area contributed by atoms with Crippen molar-refractivity contribution in [3.8, 4) is 5.75 Å². The largest absolute Gasteiger partial charge is 0.492 e. The fourth-order valence-corrected chi connectivity index (χ4v) is 4.00. The maximum atomic E-state index is 12.9. The third-order valence-electron chi connectivity index (χ3n) is 5.72. The van der Waals surface area contributed by atoms with Gasteiger partial charge in [0.15, 0.2) is 0 Å². The maximum Gasteiger partial charge on any atom is 0.224 e. The molecule has 8 heteroatoms. The maximum absolute atomic E-state index is 12.9. The molecule has 2 atom stereocenters. The first-order chi connectivity index (χ1) is 14.9. The van der Waals surface area contributed by atoms with E-state index in [9.17, 15) is 4.79 Å². The van der Waals surface area contributed by atoms with Crippen molar-refractivity contribution in [1.82, 2.24) is 29.7 Å². The summed E-state index contributed by atoms with van der Waals surface area (Å²) in [6, 6.07) is 3.90. The van der Waals surface area contributed by atoms with Crippen molar-refractivity contribution in [3.05, 3.63) is 42.2 Å². The van der Waals surface area contributed by atoms with E-state index in [-0.39, 0.29) is 17.7 Å². The van der Waals surface area contributed by atoms with Crippen LogP contribution in [-0.2, 0) is 18.4 Å². The fraction of sp³-hybridized carbons (Fsp3) is 0.609. The third kappa shape index (κ3) is 7.33. The average molecular weight is 429 g/mol. The molecule has 1 aliphatic rings. The standard InChI is InChI=1S/C23H36N6O2/c1-18-6-7-21(13-26-18)31-17-19-12-20(23(30)25-8-5-10-27(2)3)15-29(14-19)16-22-24-9-11-28(22)4/h6-7,9,11,13,19-20H,5,8,10,12,14-17H2,1-4H3,(H,25,30)/t19-,20+/m0/s1. The molecule has 1 fully saturated rings. The van der Waals surface area contributed by atoms with E-state index in [2.05, 4.69) is 25.1 Å². The van der Waals surface area contributed by atoms with E-state index in [1.807, 2.05) is 57.2 Å². The Morgan fingerprint density at radius 1 is 1.29 bits per heavy atom. The Morgan fingerprint density at radius 3 is 2.81 bits per heavy atom. The lowest BCUT2D eigenvalue weighted by Gasteiger charge is -2.36. The number of ether oxygens (including phenoxy) is 1. The minimum absolute atomic E-state index is 0.0434. The number of imidazole rings is 1. The number of nitrogens with one attached hydrogen (secondary N) is 1. The minimum atomic E-state index is -0.0434. The molecular formula is C23H36N6O2. The van der Waals surface area contributed by atoms with Gasteiger partial charge in [-0.2, -0.15) is 0 Å². The van der Waals surface area contributed by atoms with Crippen molar-refractivity contribution in [2.24, 2.45) is 18.9 Å². The number of hydrogen-bond donors (Lipinski definition) is 1. The molecular weight excluding hydrogens is 392 g/mol. The van der Waals surface area contributed by atoms with Crippen LogP contribution >= 0.6 is 0 Å². The minimum Gasteiger partial charge on any atom is -0.492 e. The number of carbonyl (C=O) groups is 1. The van der Waals surface area contributed by atoms with Gasteiger partial charge in [0.05, 0.1) is 25.3 Å². The van der Waals surface area contributed by atoms with Crippen LogP contribution in [-0.4, -0.2) is 77.1 Å². The molecule has 2 aromatic heterocycles. The van der Waals surface area contributed by atoms with Crippen molar-refractivity contribution in [2.45, 2.75) is 26.3 Å². The van der Waals surface area contributed by atoms with Crippen LogP contribution in [0.2, 0.25) is 0 Å². The number of likely N-dealkylation sites (tertiary alicyclic amines) is 1. The molecule has 1 saturated heterocycles. The van der Waals surface area contributed by atoms with Crippen LogP contribution in [0.5, 0.6) is 5.75 Å². The van der Waals surface area contributed by atoms with E-state index in [0.717, 1.165) is 56.3 Å². The van der Waals surface area contributed by atoms with Gasteiger partial charge < -0.3 is 19.5 Å². The molecule has 0 radical (unpaired) electrons. The molecule has 3 rings (SSSR count). The first kappa shape index (κ1) is 23.2. The number of pyridine rings is 1. The number of carbonyl (C=O) groups excluding carboxylic acids is 1. The average Bonchev–Trinajstić information content (AvgIpc) is 3.14. The number of aryl methyl sites for hydroxylation is 2. The molecule has 0 unspecified atom stereocenters. The molecule has 170 valence electrons. The highest BCUT2D eigenvalue weighted by molar-refractivity contribution is 5.79. The SMILES string of the molecule is Cc1ccc(OC[C@H]2C[C@@H](C(=O)NCCCN(C)C)CN(Cc3nccn3C)C2)cn1. The number of hydrogen-bond acceptors (Lipinski definition) is 6. The summed E-state index contributed by atoms with van der Waals surface area (Å²) in [7, 11) is 6.10. The summed E-state index contributed by atoms with van der Waals surface area (Å²) in [6.45, 7) is 6.58. The normalized spacial score (nSPS) is 19.5. The topological polar surface area (TPSA) is 75.5 Å². The summed E-state index contributed by atoms with van der Waals surface area (Å²) in [5.41, 5.74) is 0.970. The van der Waals surface area contributed by atoms with Crippen molar-refractivity contribution in [1.29, 1.82) is 0 Å². The lowest BCUT2D eigenvalue weighted by molar-refractivity contribution is -0.127. The summed E-state index contributed by atoms with van der Waals surface area (Å²) >= 11 is 0. The Kier molecular flexibility index (Phi) is 8.43. The van der Waals surface area contributed by atoms with Crippen molar-refractivity contribution < 1.29 is 9.53 Å². The molecule has 1 aliphatic heterocycles. The van der Waals surface area contributed by atoms with Gasteiger partial charge in [0.1, 0.15) is 11.6 Å². The monoisotopic (exact) mass is 428 g/mol. The number of amides is 1. The molecule has 1 amide bonds. The number of piperidine rings is 1. The predicted molar refractivity (Wildman–Crippen MR) is 121 cm³/mol. The van der Waals surface area contributed by atoms with Gasteiger partial charge in [-0.05, 0) is 52.5 Å². The summed E-state index contributed by atoms with van der Waals surface area (Å²) in [5, 5.41) is 3.14. The van der Waals surface area contributed by atoms with Crippen LogP contribution in [0.4, 0.5) is 0 Å². The van der Waals surface area contributed by atoms with Gasteiger partial charge in [-0.1, -0.05) is 0 Å². The Hall–Kier alpha value is -2.45. The van der Waals surface area contributed by atoms with Gasteiger partial charge in [0, 0.05) is 50.7 Å². The molecule has 1 N–H and O–H groups in total. The number of nitrogens with zero attached hydrogens (tertiary/aromatic N) is 5. The molecule has 0 bridgehead atoms. The van der Waals surface area contributed by atoms with Crippen LogP contribution in [0.3, 0.4) is 0 Å². The lowest BCUT2D eigenvalue weighted by Crippen LogP contribution is -2.47. The summed E-state index contributed by atoms with van der Waals surface area (Å²) < 4.78 is 8.05. The van der Waals surface area contributed by atoms with Crippen molar-refractivity contribution >= 4 is 5.91 Å². The van der Waals surface area contributed by atoms with Crippen molar-refractivity contribution in [3.63, 3.8) is 0 Å². The highest BCUT2D eigenvalue weighted by atomic mass is 16.5. The van der Waals surface area contributed by atoms with Crippen LogP contribution in [0, 0.1) is 18.8 Å². The molecule has 3 heterocycles. The van der Waals surface area contributed by atoms with E-state index in [1.165, 1.54) is 0 Å². The molecule has 31 heavy (non-hydrogen) atoms. The second-order valence-electron chi connectivity index (χ2n) is 8.84. The summed E-state index contributed by atoms with van der Waals surface area (Å²) in [6.07, 6.45) is 7.32. The van der Waals surface area contributed by atoms with E-state index < -0.39 is 0 Å². The van der Waals surface area contributed by atoms with Crippen LogP contribution in [0.15, 0.2) is 30.7 Å². The molecule has 0 spiro atoms. The quantitative estimate of drug-likeness (QED) is 0.581. The van der Waals surface area contributed by atoms with E-state index in [1.54, 1.807) is 6.20 Å². The van der Waals surface area contributed by atoms with Crippen LogP contribution < -0.4 is 10.1 Å². The van der Waals surface area contributed by atoms with Gasteiger partial charge in [-0.3, -0.25) is 14.7 Å². The number of rotatable bonds is 10. The van der Waals surface area contributed by atoms with E-state index in [0.29, 0.717) is 13.2 Å². The highest BCUT2D eigenvalue weighted by Crippen LogP contribution is 2.24. The van der Waals surface area contributed by atoms with Gasteiger partial charge in [-0.25, -0.2) is 4.98 Å². The summed E-state index contributed by atoms with van der Waals surface area (Å²) in [4.78, 5) is 26.1. The Morgan fingerprint density at radius 2 is 2.13 bits per heavy atom. The van der Waals surface area contributed by atoms with Crippen LogP contribution in [0.25, 0.3) is 0 Å². The molecule has 0 saturated carbocycles. The first-order valence-corrected chi connectivity index (χ1v) is 11.1.